The van der Waals surface area contributed by atoms with Crippen LogP contribution < -0.4 is 15.4 Å². The Morgan fingerprint density at radius 2 is 1.80 bits per heavy atom. The van der Waals surface area contributed by atoms with Crippen LogP contribution in [0.3, 0.4) is 0 Å². The number of benzene rings is 2. The fraction of sp³-hybridized carbons (Fsp3) is 0.350. The average Bonchev–Trinajstić information content (AvgIpc) is 2.71. The molecule has 2 rings (SSSR count). The molecule has 0 aromatic heterocycles. The lowest BCUT2D eigenvalue weighted by molar-refractivity contribution is 0.580. The number of rotatable bonds is 10. The van der Waals surface area contributed by atoms with Crippen LogP contribution in [0.1, 0.15) is 18.1 Å². The van der Waals surface area contributed by atoms with Crippen LogP contribution in [0.4, 0.5) is 4.39 Å². The number of thioether (sulfide) groups is 1. The van der Waals surface area contributed by atoms with Gasteiger partial charge in [-0.05, 0) is 48.6 Å². The molecule has 2 aromatic carbocycles. The highest BCUT2D eigenvalue weighted by molar-refractivity contribution is 14.0. The van der Waals surface area contributed by atoms with Gasteiger partial charge in [0.15, 0.2) is 5.96 Å². The van der Waals surface area contributed by atoms with Gasteiger partial charge in [-0.25, -0.2) is 22.5 Å². The number of aliphatic imine (C=N–C) groups is 1. The van der Waals surface area contributed by atoms with E-state index in [1.54, 1.807) is 54.2 Å². The Kier molecular flexibility index (Phi) is 12.3. The highest BCUT2D eigenvalue weighted by Crippen LogP contribution is 2.17. The number of hydrogen-bond acceptors (Lipinski definition) is 4. The third-order valence-electron chi connectivity index (χ3n) is 3.98. The van der Waals surface area contributed by atoms with Crippen LogP contribution in [0.25, 0.3) is 0 Å². The predicted molar refractivity (Wildman–Crippen MR) is 133 cm³/mol. The standard InChI is InChI=1S/C20H27FN4O2S2.HI/c1-3-22-20(24-14-16-9-10-18(21)13-17(16)15-28-2)23-11-12-25-29(26,27)19-7-5-4-6-8-19;/h4-10,13,25H,3,11-12,14-15H2,1-2H3,(H2,22,23,24);1H. The van der Waals surface area contributed by atoms with E-state index in [0.29, 0.717) is 31.3 Å². The highest BCUT2D eigenvalue weighted by atomic mass is 127. The molecule has 0 aliphatic carbocycles. The van der Waals surface area contributed by atoms with Gasteiger partial charge in [-0.3, -0.25) is 0 Å². The largest absolute Gasteiger partial charge is 0.357 e. The molecule has 0 atom stereocenters. The van der Waals surface area contributed by atoms with Crippen LogP contribution in [-0.2, 0) is 22.3 Å². The molecule has 0 radical (unpaired) electrons. The molecule has 0 saturated heterocycles. The lowest BCUT2D eigenvalue weighted by Crippen LogP contribution is -2.41. The molecule has 0 fully saturated rings. The molecule has 0 aliphatic rings. The first-order valence-corrected chi connectivity index (χ1v) is 12.2. The Morgan fingerprint density at radius 1 is 1.07 bits per heavy atom. The predicted octanol–water partition coefficient (Wildman–Crippen LogP) is 3.34. The Labute approximate surface area is 199 Å². The van der Waals surface area contributed by atoms with Crippen LogP contribution in [-0.4, -0.2) is 40.3 Å². The fourth-order valence-corrected chi connectivity index (χ4v) is 4.23. The Morgan fingerprint density at radius 3 is 2.47 bits per heavy atom. The molecule has 6 nitrogen and oxygen atoms in total. The summed E-state index contributed by atoms with van der Waals surface area (Å²) < 4.78 is 40.5. The SMILES string of the molecule is CCNC(=NCc1ccc(F)cc1CSC)NCCNS(=O)(=O)c1ccccc1.I. The zero-order valence-corrected chi connectivity index (χ0v) is 21.0. The number of sulfonamides is 1. The van der Waals surface area contributed by atoms with Crippen LogP contribution in [0.5, 0.6) is 0 Å². The molecule has 166 valence electrons. The van der Waals surface area contributed by atoms with Gasteiger partial charge in [-0.1, -0.05) is 24.3 Å². The molecule has 30 heavy (non-hydrogen) atoms. The van der Waals surface area contributed by atoms with Gasteiger partial charge in [0.05, 0.1) is 11.4 Å². The summed E-state index contributed by atoms with van der Waals surface area (Å²) in [4.78, 5) is 4.77. The average molecular weight is 567 g/mol. The smallest absolute Gasteiger partial charge is 0.240 e. The van der Waals surface area contributed by atoms with E-state index in [0.717, 1.165) is 11.1 Å². The summed E-state index contributed by atoms with van der Waals surface area (Å²) in [6.45, 7) is 3.62. The number of nitrogens with zero attached hydrogens (tertiary/aromatic N) is 1. The minimum atomic E-state index is -3.53. The van der Waals surface area contributed by atoms with E-state index in [1.165, 1.54) is 6.07 Å². The maximum Gasteiger partial charge on any atom is 0.240 e. The van der Waals surface area contributed by atoms with Crippen molar-refractivity contribution >= 4 is 51.7 Å². The number of nitrogens with one attached hydrogen (secondary N) is 3. The van der Waals surface area contributed by atoms with Gasteiger partial charge < -0.3 is 10.6 Å². The van der Waals surface area contributed by atoms with Crippen molar-refractivity contribution in [1.82, 2.24) is 15.4 Å². The molecule has 0 unspecified atom stereocenters. The Balaban J connectivity index is 0.00000450. The first-order valence-electron chi connectivity index (χ1n) is 9.29. The third-order valence-corrected chi connectivity index (χ3v) is 6.06. The fourth-order valence-electron chi connectivity index (χ4n) is 2.59. The Bertz CT molecular complexity index is 912. The molecule has 10 heteroatoms. The Hall–Kier alpha value is -1.37. The summed E-state index contributed by atoms with van der Waals surface area (Å²) in [6, 6.07) is 13.0. The molecule has 0 amide bonds. The van der Waals surface area contributed by atoms with E-state index in [4.69, 9.17) is 0 Å². The van der Waals surface area contributed by atoms with E-state index in [9.17, 15) is 12.8 Å². The molecule has 0 heterocycles. The van der Waals surface area contributed by atoms with Crippen LogP contribution in [0.15, 0.2) is 58.4 Å². The van der Waals surface area contributed by atoms with Gasteiger partial charge in [0.1, 0.15) is 5.82 Å². The summed E-state index contributed by atoms with van der Waals surface area (Å²) in [5.74, 6) is 1.04. The summed E-state index contributed by atoms with van der Waals surface area (Å²) in [5, 5.41) is 6.24. The van der Waals surface area contributed by atoms with Crippen LogP contribution in [0, 0.1) is 5.82 Å². The van der Waals surface area contributed by atoms with E-state index >= 15 is 0 Å². The van der Waals surface area contributed by atoms with Gasteiger partial charge >= 0.3 is 0 Å². The number of halogens is 2. The van der Waals surface area contributed by atoms with Crippen LogP contribution >= 0.6 is 35.7 Å². The minimum absolute atomic E-state index is 0. The molecule has 0 saturated carbocycles. The van der Waals surface area contributed by atoms with E-state index < -0.39 is 10.0 Å². The van der Waals surface area contributed by atoms with Crippen molar-refractivity contribution in [1.29, 1.82) is 0 Å². The van der Waals surface area contributed by atoms with Gasteiger partial charge in [0.2, 0.25) is 10.0 Å². The van der Waals surface area contributed by atoms with E-state index in [-0.39, 0.29) is 41.2 Å². The summed E-state index contributed by atoms with van der Waals surface area (Å²) in [5.41, 5.74) is 1.88. The van der Waals surface area contributed by atoms with E-state index in [2.05, 4.69) is 20.3 Å². The van der Waals surface area contributed by atoms with Gasteiger partial charge in [-0.15, -0.1) is 24.0 Å². The number of guanidine groups is 1. The van der Waals surface area contributed by atoms with Gasteiger partial charge in [-0.2, -0.15) is 11.8 Å². The number of hydrogen-bond donors (Lipinski definition) is 3. The first-order chi connectivity index (χ1) is 14.0. The van der Waals surface area contributed by atoms with Crippen molar-refractivity contribution in [3.05, 3.63) is 65.5 Å². The monoisotopic (exact) mass is 566 g/mol. The zero-order valence-electron chi connectivity index (χ0n) is 17.0. The third kappa shape index (κ3) is 8.78. The molecule has 0 aliphatic heterocycles. The lowest BCUT2D eigenvalue weighted by atomic mass is 10.1. The van der Waals surface area contributed by atoms with Crippen molar-refractivity contribution in [2.75, 3.05) is 25.9 Å². The first kappa shape index (κ1) is 26.7. The highest BCUT2D eigenvalue weighted by Gasteiger charge is 2.12. The topological polar surface area (TPSA) is 82.6 Å². The molecule has 3 N–H and O–H groups in total. The van der Waals surface area contributed by atoms with Gasteiger partial charge in [0, 0.05) is 25.4 Å². The minimum Gasteiger partial charge on any atom is -0.357 e. The van der Waals surface area contributed by atoms with Crippen molar-refractivity contribution in [2.45, 2.75) is 24.1 Å². The van der Waals surface area contributed by atoms with Crippen molar-refractivity contribution < 1.29 is 12.8 Å². The van der Waals surface area contributed by atoms with Crippen LogP contribution in [0.2, 0.25) is 0 Å². The summed E-state index contributed by atoms with van der Waals surface area (Å²) in [7, 11) is -3.53. The molecular formula is C20H28FIN4O2S2. The molecule has 0 bridgehead atoms. The molecular weight excluding hydrogens is 538 g/mol. The van der Waals surface area contributed by atoms with Crippen molar-refractivity contribution in [3.8, 4) is 0 Å². The summed E-state index contributed by atoms with van der Waals surface area (Å²) in [6.07, 6.45) is 1.97. The normalized spacial score (nSPS) is 11.6. The van der Waals surface area contributed by atoms with Crippen molar-refractivity contribution in [3.63, 3.8) is 0 Å². The van der Waals surface area contributed by atoms with E-state index in [1.807, 2.05) is 13.2 Å². The zero-order chi connectivity index (χ0) is 21.1. The second kappa shape index (κ2) is 13.8. The summed E-state index contributed by atoms with van der Waals surface area (Å²) >= 11 is 1.63. The lowest BCUT2D eigenvalue weighted by Gasteiger charge is -2.13. The van der Waals surface area contributed by atoms with Crippen molar-refractivity contribution in [2.24, 2.45) is 4.99 Å². The second-order valence-corrected chi connectivity index (χ2v) is 8.81. The maximum absolute atomic E-state index is 13.5. The molecule has 0 spiro atoms. The molecule has 2 aromatic rings. The quantitative estimate of drug-likeness (QED) is 0.178. The maximum atomic E-state index is 13.5. The van der Waals surface area contributed by atoms with Gasteiger partial charge in [0.25, 0.3) is 0 Å². The second-order valence-electron chi connectivity index (χ2n) is 6.18.